The van der Waals surface area contributed by atoms with Gasteiger partial charge in [-0.25, -0.2) is 9.97 Å². The zero-order chi connectivity index (χ0) is 10.8. The third-order valence-corrected chi connectivity index (χ3v) is 2.64. The summed E-state index contributed by atoms with van der Waals surface area (Å²) < 4.78 is 5.26. The molecule has 0 saturated carbocycles. The predicted molar refractivity (Wildman–Crippen MR) is 59.2 cm³/mol. The van der Waals surface area contributed by atoms with Crippen LogP contribution in [0, 0.1) is 6.92 Å². The fourth-order valence-electron chi connectivity index (χ4n) is 1.55. The molecule has 1 saturated heterocycles. The number of morpholine rings is 1. The molecule has 82 valence electrons. The van der Waals surface area contributed by atoms with Gasteiger partial charge in [0, 0.05) is 13.1 Å². The van der Waals surface area contributed by atoms with Crippen molar-refractivity contribution in [1.29, 1.82) is 0 Å². The Balaban J connectivity index is 2.33. The summed E-state index contributed by atoms with van der Waals surface area (Å²) in [6, 6.07) is 0. The molecule has 0 radical (unpaired) electrons. The van der Waals surface area contributed by atoms with Gasteiger partial charge in [0.25, 0.3) is 0 Å². The number of hydrogen-bond acceptors (Lipinski definition) is 5. The maximum atomic E-state index is 6.07. The summed E-state index contributed by atoms with van der Waals surface area (Å²) in [5, 5.41) is 0.433. The van der Waals surface area contributed by atoms with Gasteiger partial charge in [-0.15, -0.1) is 0 Å². The first-order valence-electron chi connectivity index (χ1n) is 4.81. The van der Waals surface area contributed by atoms with E-state index >= 15 is 0 Å². The molecular weight excluding hydrogens is 216 g/mol. The molecule has 15 heavy (non-hydrogen) atoms. The van der Waals surface area contributed by atoms with E-state index < -0.39 is 0 Å². The smallest absolute Gasteiger partial charge is 0.153 e. The number of nitrogen functional groups attached to an aromatic ring is 1. The van der Waals surface area contributed by atoms with Crippen LogP contribution in [0.5, 0.6) is 0 Å². The van der Waals surface area contributed by atoms with Crippen LogP contribution in [-0.4, -0.2) is 36.3 Å². The van der Waals surface area contributed by atoms with E-state index in [4.69, 9.17) is 22.1 Å². The molecular formula is C9H13ClN4O. The van der Waals surface area contributed by atoms with Gasteiger partial charge in [0.1, 0.15) is 16.7 Å². The molecule has 1 aliphatic heterocycles. The standard InChI is InChI=1S/C9H13ClN4O/c1-6-12-8(11)7(10)9(13-6)14-2-4-15-5-3-14/h2-5H2,1H3,(H2,11,12,13). The van der Waals surface area contributed by atoms with Crippen LogP contribution < -0.4 is 10.6 Å². The number of rotatable bonds is 1. The minimum absolute atomic E-state index is 0.339. The summed E-state index contributed by atoms with van der Waals surface area (Å²) in [6.45, 7) is 4.76. The van der Waals surface area contributed by atoms with Crippen LogP contribution in [0.3, 0.4) is 0 Å². The minimum Gasteiger partial charge on any atom is -0.382 e. The summed E-state index contributed by atoms with van der Waals surface area (Å²) in [6.07, 6.45) is 0. The number of aromatic nitrogens is 2. The zero-order valence-electron chi connectivity index (χ0n) is 8.53. The molecule has 2 heterocycles. The van der Waals surface area contributed by atoms with Crippen LogP contribution in [0.25, 0.3) is 0 Å². The fourth-order valence-corrected chi connectivity index (χ4v) is 1.75. The van der Waals surface area contributed by atoms with E-state index in [1.54, 1.807) is 6.92 Å². The second kappa shape index (κ2) is 4.20. The molecule has 0 spiro atoms. The highest BCUT2D eigenvalue weighted by Gasteiger charge is 2.18. The van der Waals surface area contributed by atoms with Gasteiger partial charge >= 0.3 is 0 Å². The largest absolute Gasteiger partial charge is 0.382 e. The first-order chi connectivity index (χ1) is 7.18. The number of anilines is 2. The molecule has 0 amide bonds. The van der Waals surface area contributed by atoms with Crippen LogP contribution in [0.1, 0.15) is 5.82 Å². The highest BCUT2D eigenvalue weighted by molar-refractivity contribution is 6.35. The first-order valence-corrected chi connectivity index (χ1v) is 5.18. The van der Waals surface area contributed by atoms with Crippen molar-refractivity contribution in [3.8, 4) is 0 Å². The molecule has 6 heteroatoms. The SMILES string of the molecule is Cc1nc(N)c(Cl)c(N2CCOCC2)n1. The molecule has 5 nitrogen and oxygen atoms in total. The van der Waals surface area contributed by atoms with Gasteiger partial charge in [-0.1, -0.05) is 11.6 Å². The Hall–Kier alpha value is -1.07. The Kier molecular flexibility index (Phi) is 2.93. The molecule has 2 N–H and O–H groups in total. The highest BCUT2D eigenvalue weighted by Crippen LogP contribution is 2.28. The number of hydrogen-bond donors (Lipinski definition) is 1. The lowest BCUT2D eigenvalue weighted by molar-refractivity contribution is 0.122. The number of ether oxygens (including phenoxy) is 1. The average Bonchev–Trinajstić information content (AvgIpc) is 2.24. The van der Waals surface area contributed by atoms with Crippen LogP contribution in [0.2, 0.25) is 5.02 Å². The van der Waals surface area contributed by atoms with Gasteiger partial charge in [-0.2, -0.15) is 0 Å². The lowest BCUT2D eigenvalue weighted by Gasteiger charge is -2.28. The van der Waals surface area contributed by atoms with Crippen molar-refractivity contribution in [2.75, 3.05) is 36.9 Å². The van der Waals surface area contributed by atoms with Crippen LogP contribution in [-0.2, 0) is 4.74 Å². The van der Waals surface area contributed by atoms with Crippen LogP contribution in [0.15, 0.2) is 0 Å². The van der Waals surface area contributed by atoms with Gasteiger partial charge in [-0.05, 0) is 6.92 Å². The van der Waals surface area contributed by atoms with E-state index in [2.05, 4.69) is 14.9 Å². The molecule has 1 fully saturated rings. The summed E-state index contributed by atoms with van der Waals surface area (Å²) >= 11 is 6.07. The third-order valence-electron chi connectivity index (χ3n) is 2.28. The van der Waals surface area contributed by atoms with Crippen LogP contribution in [0.4, 0.5) is 11.6 Å². The Bertz CT molecular complexity index is 365. The Morgan fingerprint density at radius 3 is 2.67 bits per heavy atom. The van der Waals surface area contributed by atoms with Gasteiger partial charge in [-0.3, -0.25) is 0 Å². The minimum atomic E-state index is 0.339. The summed E-state index contributed by atoms with van der Waals surface area (Å²) in [7, 11) is 0. The maximum Gasteiger partial charge on any atom is 0.153 e. The van der Waals surface area contributed by atoms with E-state index in [0.29, 0.717) is 35.7 Å². The van der Waals surface area contributed by atoms with Gasteiger partial charge in [0.05, 0.1) is 13.2 Å². The van der Waals surface area contributed by atoms with Crippen molar-refractivity contribution in [3.63, 3.8) is 0 Å². The van der Waals surface area contributed by atoms with E-state index in [0.717, 1.165) is 13.1 Å². The molecule has 0 aromatic carbocycles. The van der Waals surface area contributed by atoms with Gasteiger partial charge in [0.15, 0.2) is 5.82 Å². The average molecular weight is 229 g/mol. The van der Waals surface area contributed by atoms with E-state index in [-0.39, 0.29) is 0 Å². The number of nitrogens with two attached hydrogens (primary N) is 1. The van der Waals surface area contributed by atoms with E-state index in [9.17, 15) is 0 Å². The monoisotopic (exact) mass is 228 g/mol. The molecule has 0 atom stereocenters. The van der Waals surface area contributed by atoms with E-state index in [1.807, 2.05) is 0 Å². The molecule has 2 rings (SSSR count). The lowest BCUT2D eigenvalue weighted by atomic mass is 10.4. The van der Waals surface area contributed by atoms with E-state index in [1.165, 1.54) is 0 Å². The number of nitrogens with zero attached hydrogens (tertiary/aromatic N) is 3. The third kappa shape index (κ3) is 2.13. The quantitative estimate of drug-likeness (QED) is 0.772. The Morgan fingerprint density at radius 2 is 2.00 bits per heavy atom. The molecule has 1 aliphatic rings. The van der Waals surface area contributed by atoms with Gasteiger partial charge < -0.3 is 15.4 Å². The predicted octanol–water partition coefficient (Wildman–Crippen LogP) is 0.857. The molecule has 0 aliphatic carbocycles. The first kappa shape index (κ1) is 10.4. The fraction of sp³-hybridized carbons (Fsp3) is 0.556. The number of aryl methyl sites for hydroxylation is 1. The second-order valence-electron chi connectivity index (χ2n) is 3.39. The van der Waals surface area contributed by atoms with Crippen molar-refractivity contribution in [3.05, 3.63) is 10.8 Å². The molecule has 0 unspecified atom stereocenters. The van der Waals surface area contributed by atoms with Crippen molar-refractivity contribution in [1.82, 2.24) is 9.97 Å². The zero-order valence-corrected chi connectivity index (χ0v) is 9.29. The maximum absolute atomic E-state index is 6.07. The summed E-state index contributed by atoms with van der Waals surface area (Å²) in [4.78, 5) is 10.4. The van der Waals surface area contributed by atoms with Crippen molar-refractivity contribution < 1.29 is 4.74 Å². The molecule has 1 aromatic heterocycles. The highest BCUT2D eigenvalue weighted by atomic mass is 35.5. The normalized spacial score (nSPS) is 16.8. The Morgan fingerprint density at radius 1 is 1.33 bits per heavy atom. The van der Waals surface area contributed by atoms with Crippen molar-refractivity contribution in [2.45, 2.75) is 6.92 Å². The van der Waals surface area contributed by atoms with Crippen LogP contribution >= 0.6 is 11.6 Å². The number of halogens is 1. The summed E-state index contributed by atoms with van der Waals surface area (Å²) in [5.41, 5.74) is 5.69. The lowest BCUT2D eigenvalue weighted by Crippen LogP contribution is -2.37. The summed E-state index contributed by atoms with van der Waals surface area (Å²) in [5.74, 6) is 1.69. The van der Waals surface area contributed by atoms with Crippen molar-refractivity contribution in [2.24, 2.45) is 0 Å². The van der Waals surface area contributed by atoms with Crippen molar-refractivity contribution >= 4 is 23.2 Å². The molecule has 0 bridgehead atoms. The molecule has 1 aromatic rings. The Labute approximate surface area is 93.2 Å². The second-order valence-corrected chi connectivity index (χ2v) is 3.77. The van der Waals surface area contributed by atoms with Gasteiger partial charge in [0.2, 0.25) is 0 Å². The topological polar surface area (TPSA) is 64.3 Å².